The number of halogens is 1. The molecule has 1 fully saturated rings. The molecule has 1 atom stereocenters. The van der Waals surface area contributed by atoms with E-state index >= 15 is 0 Å². The van der Waals surface area contributed by atoms with Crippen LogP contribution in [0.1, 0.15) is 39.0 Å². The third kappa shape index (κ3) is 5.80. The second-order valence-electron chi connectivity index (χ2n) is 3.05. The number of carboxylic acids is 1. The molecule has 0 aromatic rings. The Bertz CT molecular complexity index is 206. The van der Waals surface area contributed by atoms with Crippen LogP contribution >= 0.6 is 11.6 Å². The van der Waals surface area contributed by atoms with Gasteiger partial charge < -0.3 is 10.3 Å². The maximum Gasteiger partial charge on any atom is 0.303 e. The maximum atomic E-state index is 9.37. The third-order valence-corrected chi connectivity index (χ3v) is 2.40. The Morgan fingerprint density at radius 1 is 1.64 bits per heavy atom. The van der Waals surface area contributed by atoms with E-state index < -0.39 is 5.97 Å². The van der Waals surface area contributed by atoms with Gasteiger partial charge in [0.15, 0.2) is 0 Å². The smallest absolute Gasteiger partial charge is 0.303 e. The Hall–Kier alpha value is -0.770. The van der Waals surface area contributed by atoms with Crippen LogP contribution in [0.3, 0.4) is 0 Å². The molecule has 0 spiro atoms. The fourth-order valence-corrected chi connectivity index (χ4v) is 1.37. The number of oxime groups is 1. The minimum Gasteiger partial charge on any atom is -0.481 e. The average molecular weight is 222 g/mol. The van der Waals surface area contributed by atoms with E-state index in [0.29, 0.717) is 0 Å². The van der Waals surface area contributed by atoms with Crippen molar-refractivity contribution in [3.63, 3.8) is 0 Å². The Kier molecular flexibility index (Phi) is 7.20. The molecule has 82 valence electrons. The summed E-state index contributed by atoms with van der Waals surface area (Å²) in [5.41, 5.74) is 0.753. The molecular formula is C9H16ClNO3. The van der Waals surface area contributed by atoms with Gasteiger partial charge in [-0.25, -0.2) is 0 Å². The molecular weight excluding hydrogens is 206 g/mol. The largest absolute Gasteiger partial charge is 0.481 e. The first-order chi connectivity index (χ1) is 6.61. The highest BCUT2D eigenvalue weighted by molar-refractivity contribution is 6.32. The zero-order valence-corrected chi connectivity index (χ0v) is 9.00. The number of carboxylic acid groups (broad SMARTS) is 1. The topological polar surface area (TPSA) is 69.9 Å². The van der Waals surface area contributed by atoms with Crippen molar-refractivity contribution in [3.8, 4) is 0 Å². The van der Waals surface area contributed by atoms with Crippen LogP contribution in [0.15, 0.2) is 5.16 Å². The van der Waals surface area contributed by atoms with Gasteiger partial charge in [-0.1, -0.05) is 18.5 Å². The van der Waals surface area contributed by atoms with Crippen molar-refractivity contribution in [2.45, 2.75) is 44.4 Å². The van der Waals surface area contributed by atoms with E-state index in [0.717, 1.165) is 31.4 Å². The van der Waals surface area contributed by atoms with Gasteiger partial charge in [0.05, 0.1) is 11.1 Å². The quantitative estimate of drug-likeness (QED) is 0.406. The van der Waals surface area contributed by atoms with E-state index in [2.05, 4.69) is 5.16 Å². The molecule has 0 saturated heterocycles. The molecule has 1 saturated carbocycles. The summed E-state index contributed by atoms with van der Waals surface area (Å²) in [5.74, 6) is -0.745. The second-order valence-corrected chi connectivity index (χ2v) is 3.58. The van der Waals surface area contributed by atoms with Gasteiger partial charge in [0.25, 0.3) is 0 Å². The van der Waals surface area contributed by atoms with Gasteiger partial charge in [-0.2, -0.15) is 0 Å². The van der Waals surface area contributed by atoms with Crippen LogP contribution < -0.4 is 0 Å². The van der Waals surface area contributed by atoms with E-state index in [1.165, 1.54) is 0 Å². The van der Waals surface area contributed by atoms with Crippen LogP contribution in [0.5, 0.6) is 0 Å². The SMILES string of the molecule is CCC(=O)O.ON=C1CCCCC1Cl. The molecule has 5 heteroatoms. The van der Waals surface area contributed by atoms with Gasteiger partial charge >= 0.3 is 5.97 Å². The first-order valence-electron chi connectivity index (χ1n) is 4.68. The Labute approximate surface area is 88.6 Å². The summed E-state index contributed by atoms with van der Waals surface area (Å²) in [7, 11) is 0. The fourth-order valence-electron chi connectivity index (χ4n) is 1.07. The second kappa shape index (κ2) is 7.62. The lowest BCUT2D eigenvalue weighted by Crippen LogP contribution is -2.18. The van der Waals surface area contributed by atoms with Crippen molar-refractivity contribution in [2.24, 2.45) is 5.16 Å². The molecule has 0 bridgehead atoms. The van der Waals surface area contributed by atoms with Crippen LogP contribution in [-0.4, -0.2) is 27.4 Å². The molecule has 1 unspecified atom stereocenters. The predicted octanol–water partition coefficient (Wildman–Crippen LogP) is 2.48. The summed E-state index contributed by atoms with van der Waals surface area (Å²) in [5, 5.41) is 19.2. The van der Waals surface area contributed by atoms with Crippen LogP contribution in [0.25, 0.3) is 0 Å². The van der Waals surface area contributed by atoms with Crippen LogP contribution in [0.4, 0.5) is 0 Å². The summed E-state index contributed by atoms with van der Waals surface area (Å²) in [4.78, 5) is 9.37. The normalized spacial score (nSPS) is 23.9. The fraction of sp³-hybridized carbons (Fsp3) is 0.778. The summed E-state index contributed by atoms with van der Waals surface area (Å²) < 4.78 is 0. The monoisotopic (exact) mass is 221 g/mol. The van der Waals surface area contributed by atoms with E-state index in [1.807, 2.05) is 0 Å². The minimum atomic E-state index is -0.745. The predicted molar refractivity (Wildman–Crippen MR) is 55.3 cm³/mol. The Morgan fingerprint density at radius 3 is 2.50 bits per heavy atom. The van der Waals surface area contributed by atoms with Gasteiger partial charge in [0, 0.05) is 6.42 Å². The van der Waals surface area contributed by atoms with E-state index in [9.17, 15) is 4.79 Å². The highest BCUT2D eigenvalue weighted by Gasteiger charge is 2.17. The van der Waals surface area contributed by atoms with Crippen LogP contribution in [-0.2, 0) is 4.79 Å². The zero-order valence-electron chi connectivity index (χ0n) is 8.24. The molecule has 0 radical (unpaired) electrons. The van der Waals surface area contributed by atoms with Crippen molar-refractivity contribution in [1.29, 1.82) is 0 Å². The Morgan fingerprint density at radius 2 is 2.21 bits per heavy atom. The van der Waals surface area contributed by atoms with Crippen molar-refractivity contribution >= 4 is 23.3 Å². The maximum absolute atomic E-state index is 9.37. The lowest BCUT2D eigenvalue weighted by molar-refractivity contribution is -0.136. The summed E-state index contributed by atoms with van der Waals surface area (Å²) in [6, 6.07) is 0. The van der Waals surface area contributed by atoms with Gasteiger partial charge in [0.1, 0.15) is 0 Å². The standard InChI is InChI=1S/C6H10ClNO.C3H6O2/c7-5-3-1-2-4-6(5)8-9;1-2-3(4)5/h5,9H,1-4H2;2H2,1H3,(H,4,5). The van der Waals surface area contributed by atoms with Crippen molar-refractivity contribution in [3.05, 3.63) is 0 Å². The summed E-state index contributed by atoms with van der Waals surface area (Å²) in [6.45, 7) is 1.60. The lowest BCUT2D eigenvalue weighted by Gasteiger charge is -2.15. The molecule has 1 aliphatic rings. The van der Waals surface area contributed by atoms with Crippen molar-refractivity contribution < 1.29 is 15.1 Å². The summed E-state index contributed by atoms with van der Waals surface area (Å²) >= 11 is 5.79. The van der Waals surface area contributed by atoms with Crippen LogP contribution in [0.2, 0.25) is 0 Å². The third-order valence-electron chi connectivity index (χ3n) is 1.93. The van der Waals surface area contributed by atoms with Crippen LogP contribution in [0, 0.1) is 0 Å². The average Bonchev–Trinajstić information content (AvgIpc) is 2.19. The van der Waals surface area contributed by atoms with E-state index in [-0.39, 0.29) is 11.8 Å². The first-order valence-corrected chi connectivity index (χ1v) is 5.12. The molecule has 0 aliphatic heterocycles. The minimum absolute atomic E-state index is 0.0104. The molecule has 0 aromatic carbocycles. The molecule has 1 aliphatic carbocycles. The highest BCUT2D eigenvalue weighted by atomic mass is 35.5. The number of hydrogen-bond acceptors (Lipinski definition) is 3. The van der Waals surface area contributed by atoms with Gasteiger partial charge in [-0.15, -0.1) is 11.6 Å². The number of rotatable bonds is 1. The number of hydrogen-bond donors (Lipinski definition) is 2. The van der Waals surface area contributed by atoms with Crippen molar-refractivity contribution in [1.82, 2.24) is 0 Å². The van der Waals surface area contributed by atoms with Gasteiger partial charge in [0.2, 0.25) is 0 Å². The molecule has 0 heterocycles. The molecule has 1 rings (SSSR count). The number of alkyl halides is 1. The van der Waals surface area contributed by atoms with Gasteiger partial charge in [-0.3, -0.25) is 4.79 Å². The first kappa shape index (κ1) is 13.2. The highest BCUT2D eigenvalue weighted by Crippen LogP contribution is 2.19. The molecule has 0 aromatic heterocycles. The molecule has 14 heavy (non-hydrogen) atoms. The van der Waals surface area contributed by atoms with Crippen molar-refractivity contribution in [2.75, 3.05) is 0 Å². The number of aliphatic carboxylic acids is 1. The van der Waals surface area contributed by atoms with E-state index in [1.54, 1.807) is 6.92 Å². The molecule has 4 nitrogen and oxygen atoms in total. The number of nitrogens with zero attached hydrogens (tertiary/aromatic N) is 1. The Balaban J connectivity index is 0.000000292. The van der Waals surface area contributed by atoms with E-state index in [4.69, 9.17) is 21.9 Å². The molecule has 2 N–H and O–H groups in total. The number of carbonyl (C=O) groups is 1. The van der Waals surface area contributed by atoms with Gasteiger partial charge in [-0.05, 0) is 19.3 Å². The molecule has 0 amide bonds. The summed E-state index contributed by atoms with van der Waals surface area (Å²) in [6.07, 6.45) is 4.32. The lowest BCUT2D eigenvalue weighted by atomic mass is 9.98. The zero-order chi connectivity index (χ0) is 11.0.